The molecule has 1 rings (SSSR count). The Bertz CT molecular complexity index is 423. The second-order valence-corrected chi connectivity index (χ2v) is 3.52. The van der Waals surface area contributed by atoms with E-state index >= 15 is 0 Å². The van der Waals surface area contributed by atoms with Crippen LogP contribution in [0, 0.1) is 0 Å². The van der Waals surface area contributed by atoms with E-state index in [1.165, 1.54) is 18.3 Å². The number of hydrogen-bond acceptors (Lipinski definition) is 3. The fourth-order valence-electron chi connectivity index (χ4n) is 1.06. The van der Waals surface area contributed by atoms with E-state index in [0.29, 0.717) is 5.56 Å². The van der Waals surface area contributed by atoms with Crippen LogP contribution in [0.3, 0.4) is 0 Å². The monoisotopic (exact) mass is 263 g/mol. The molecule has 1 aromatic rings. The molecule has 0 saturated carbocycles. The number of urea groups is 1. The summed E-state index contributed by atoms with van der Waals surface area (Å²) in [6, 6.07) is 2.11. The van der Waals surface area contributed by atoms with E-state index in [0.717, 1.165) is 6.92 Å². The van der Waals surface area contributed by atoms with Gasteiger partial charge in [-0.3, -0.25) is 0 Å². The molecule has 1 atom stereocenters. The number of carbonyl (C=O) groups is 1. The highest BCUT2D eigenvalue weighted by Crippen LogP contribution is 2.24. The van der Waals surface area contributed by atoms with Crippen LogP contribution in [0.15, 0.2) is 18.3 Å². The van der Waals surface area contributed by atoms with E-state index in [1.54, 1.807) is 0 Å². The number of primary amides is 1. The molecule has 0 radical (unpaired) electrons. The van der Waals surface area contributed by atoms with E-state index in [2.05, 4.69) is 15.0 Å². The average molecular weight is 263 g/mol. The molecule has 0 aromatic carbocycles. The van der Waals surface area contributed by atoms with Gasteiger partial charge in [-0.15, -0.1) is 0 Å². The highest BCUT2D eigenvalue weighted by molar-refractivity contribution is 5.71. The van der Waals surface area contributed by atoms with Crippen LogP contribution in [0.2, 0.25) is 0 Å². The SMILES string of the molecule is CC(Oc1cc(CNC(N)=O)ccn1)C(F)(F)F. The molecule has 1 heterocycles. The van der Waals surface area contributed by atoms with Crippen molar-refractivity contribution in [1.29, 1.82) is 0 Å². The first-order chi connectivity index (χ1) is 8.29. The van der Waals surface area contributed by atoms with Crippen LogP contribution in [0.5, 0.6) is 5.88 Å². The summed E-state index contributed by atoms with van der Waals surface area (Å²) in [6.45, 7) is 0.977. The van der Waals surface area contributed by atoms with E-state index in [4.69, 9.17) is 5.73 Å². The summed E-state index contributed by atoms with van der Waals surface area (Å²) in [4.78, 5) is 14.1. The van der Waals surface area contributed by atoms with Gasteiger partial charge in [-0.05, 0) is 18.6 Å². The van der Waals surface area contributed by atoms with Gasteiger partial charge in [0.15, 0.2) is 6.10 Å². The van der Waals surface area contributed by atoms with Crippen molar-refractivity contribution < 1.29 is 22.7 Å². The van der Waals surface area contributed by atoms with E-state index in [1.807, 2.05) is 0 Å². The average Bonchev–Trinajstić information content (AvgIpc) is 2.25. The Kier molecular flexibility index (Phi) is 4.35. The predicted molar refractivity (Wildman–Crippen MR) is 56.8 cm³/mol. The summed E-state index contributed by atoms with van der Waals surface area (Å²) < 4.78 is 41.4. The molecular formula is C10H12F3N3O2. The smallest absolute Gasteiger partial charge is 0.425 e. The largest absolute Gasteiger partial charge is 0.465 e. The van der Waals surface area contributed by atoms with Crippen molar-refractivity contribution in [1.82, 2.24) is 10.3 Å². The molecule has 1 aromatic heterocycles. The van der Waals surface area contributed by atoms with Crippen LogP contribution in [0.4, 0.5) is 18.0 Å². The van der Waals surface area contributed by atoms with E-state index in [9.17, 15) is 18.0 Å². The zero-order valence-electron chi connectivity index (χ0n) is 9.49. The first-order valence-corrected chi connectivity index (χ1v) is 5.00. The lowest BCUT2D eigenvalue weighted by atomic mass is 10.2. The van der Waals surface area contributed by atoms with Gasteiger partial charge < -0.3 is 15.8 Å². The normalized spacial score (nSPS) is 12.9. The molecule has 1 unspecified atom stereocenters. The quantitative estimate of drug-likeness (QED) is 0.865. The van der Waals surface area contributed by atoms with Crippen LogP contribution >= 0.6 is 0 Å². The second kappa shape index (κ2) is 5.56. The van der Waals surface area contributed by atoms with Gasteiger partial charge in [0.2, 0.25) is 5.88 Å². The van der Waals surface area contributed by atoms with E-state index in [-0.39, 0.29) is 12.4 Å². The van der Waals surface area contributed by atoms with Gasteiger partial charge in [0.1, 0.15) is 0 Å². The molecular weight excluding hydrogens is 251 g/mol. The summed E-state index contributed by atoms with van der Waals surface area (Å²) in [7, 11) is 0. The van der Waals surface area contributed by atoms with Crippen LogP contribution in [-0.4, -0.2) is 23.3 Å². The minimum absolute atomic E-state index is 0.0919. The third kappa shape index (κ3) is 4.48. The number of pyridine rings is 1. The standard InChI is InChI=1S/C10H12F3N3O2/c1-6(10(11,12)13)18-8-4-7(2-3-15-8)5-16-9(14)17/h2-4,6H,5H2,1H3,(H3,14,16,17). The van der Waals surface area contributed by atoms with Crippen molar-refractivity contribution in [2.24, 2.45) is 5.73 Å². The summed E-state index contributed by atoms with van der Waals surface area (Å²) >= 11 is 0. The lowest BCUT2D eigenvalue weighted by Crippen LogP contribution is -2.31. The number of halogens is 3. The van der Waals surface area contributed by atoms with Crippen LogP contribution in [0.1, 0.15) is 12.5 Å². The summed E-state index contributed by atoms with van der Waals surface area (Å²) in [5, 5.41) is 2.31. The van der Waals surface area contributed by atoms with Gasteiger partial charge in [0, 0.05) is 18.8 Å². The third-order valence-electron chi connectivity index (χ3n) is 2.02. The fourth-order valence-corrected chi connectivity index (χ4v) is 1.06. The Balaban J connectivity index is 2.67. The summed E-state index contributed by atoms with van der Waals surface area (Å²) in [6.07, 6.45) is -5.12. The number of nitrogens with two attached hydrogens (primary N) is 1. The second-order valence-electron chi connectivity index (χ2n) is 3.52. The predicted octanol–water partition coefficient (Wildman–Crippen LogP) is 1.58. The number of rotatable bonds is 4. The fraction of sp³-hybridized carbons (Fsp3) is 0.400. The highest BCUT2D eigenvalue weighted by atomic mass is 19.4. The molecule has 5 nitrogen and oxygen atoms in total. The van der Waals surface area contributed by atoms with E-state index < -0.39 is 18.3 Å². The zero-order valence-corrected chi connectivity index (χ0v) is 9.49. The van der Waals surface area contributed by atoms with Gasteiger partial charge in [0.25, 0.3) is 0 Å². The number of nitrogens with one attached hydrogen (secondary N) is 1. The van der Waals surface area contributed by atoms with Crippen molar-refractivity contribution in [2.75, 3.05) is 0 Å². The molecule has 3 N–H and O–H groups in total. The number of amides is 2. The highest BCUT2D eigenvalue weighted by Gasteiger charge is 2.38. The Morgan fingerprint density at radius 1 is 1.61 bits per heavy atom. The van der Waals surface area contributed by atoms with Gasteiger partial charge in [-0.1, -0.05) is 0 Å². The Morgan fingerprint density at radius 2 is 2.28 bits per heavy atom. The molecule has 0 fully saturated rings. The lowest BCUT2D eigenvalue weighted by molar-refractivity contribution is -0.190. The molecule has 0 saturated heterocycles. The Labute approximate surface area is 101 Å². The van der Waals surface area contributed by atoms with Crippen molar-refractivity contribution >= 4 is 6.03 Å². The number of nitrogens with zero attached hydrogens (tertiary/aromatic N) is 1. The molecule has 8 heteroatoms. The van der Waals surface area contributed by atoms with Crippen molar-refractivity contribution in [3.8, 4) is 5.88 Å². The zero-order chi connectivity index (χ0) is 13.8. The number of hydrogen-bond donors (Lipinski definition) is 2. The summed E-state index contributed by atoms with van der Waals surface area (Å²) in [5.74, 6) is -0.163. The molecule has 0 bridgehead atoms. The molecule has 0 aliphatic rings. The van der Waals surface area contributed by atoms with Crippen LogP contribution in [-0.2, 0) is 6.54 Å². The van der Waals surface area contributed by atoms with Gasteiger partial charge in [-0.2, -0.15) is 13.2 Å². The van der Waals surface area contributed by atoms with Gasteiger partial charge in [0.05, 0.1) is 0 Å². The maximum absolute atomic E-state index is 12.3. The summed E-state index contributed by atoms with van der Waals surface area (Å²) in [5.41, 5.74) is 5.41. The molecule has 0 aliphatic carbocycles. The molecule has 2 amide bonds. The van der Waals surface area contributed by atoms with Crippen LogP contribution in [0.25, 0.3) is 0 Å². The Hall–Kier alpha value is -1.99. The number of aromatic nitrogens is 1. The van der Waals surface area contributed by atoms with Crippen molar-refractivity contribution in [2.45, 2.75) is 25.7 Å². The topological polar surface area (TPSA) is 77.2 Å². The maximum atomic E-state index is 12.3. The molecule has 0 spiro atoms. The lowest BCUT2D eigenvalue weighted by Gasteiger charge is -2.17. The number of alkyl halides is 3. The van der Waals surface area contributed by atoms with Crippen molar-refractivity contribution in [3.05, 3.63) is 23.9 Å². The molecule has 18 heavy (non-hydrogen) atoms. The molecule has 100 valence electrons. The maximum Gasteiger partial charge on any atom is 0.425 e. The first-order valence-electron chi connectivity index (χ1n) is 5.00. The third-order valence-corrected chi connectivity index (χ3v) is 2.02. The van der Waals surface area contributed by atoms with Crippen LogP contribution < -0.4 is 15.8 Å². The minimum Gasteiger partial charge on any atom is -0.465 e. The van der Waals surface area contributed by atoms with Gasteiger partial charge >= 0.3 is 12.2 Å². The Morgan fingerprint density at radius 3 is 2.83 bits per heavy atom. The van der Waals surface area contributed by atoms with Crippen molar-refractivity contribution in [3.63, 3.8) is 0 Å². The van der Waals surface area contributed by atoms with Gasteiger partial charge in [-0.25, -0.2) is 9.78 Å². The minimum atomic E-state index is -4.46. The number of ether oxygens (including phenoxy) is 1. The first kappa shape index (κ1) is 14.1. The number of carbonyl (C=O) groups excluding carboxylic acids is 1. The molecule has 0 aliphatic heterocycles.